The molecule has 0 spiro atoms. The first-order valence-electron chi connectivity index (χ1n) is 7.82. The highest BCUT2D eigenvalue weighted by molar-refractivity contribution is 7.99. The summed E-state index contributed by atoms with van der Waals surface area (Å²) in [5, 5.41) is 11.8. The Kier molecular flexibility index (Phi) is 5.75. The summed E-state index contributed by atoms with van der Waals surface area (Å²) in [5.41, 5.74) is 1.29. The summed E-state index contributed by atoms with van der Waals surface area (Å²) >= 11 is 1.19. The van der Waals surface area contributed by atoms with Gasteiger partial charge in [-0.05, 0) is 40.8 Å². The molecule has 0 radical (unpaired) electrons. The van der Waals surface area contributed by atoms with E-state index in [-0.39, 0.29) is 17.5 Å². The van der Waals surface area contributed by atoms with E-state index in [1.165, 1.54) is 28.6 Å². The van der Waals surface area contributed by atoms with Crippen LogP contribution < -0.4 is 4.90 Å². The average molecular weight is 369 g/mol. The van der Waals surface area contributed by atoms with E-state index < -0.39 is 0 Å². The molecule has 3 aromatic rings. The van der Waals surface area contributed by atoms with Crippen LogP contribution >= 0.6 is 11.8 Å². The summed E-state index contributed by atoms with van der Waals surface area (Å²) in [6, 6.07) is 15.3. The molecular weight excluding hydrogens is 353 g/mol. The fourth-order valence-corrected chi connectivity index (χ4v) is 3.10. The first-order valence-corrected chi connectivity index (χ1v) is 8.81. The summed E-state index contributed by atoms with van der Waals surface area (Å²) in [5.74, 6) is -0.348. The van der Waals surface area contributed by atoms with Crippen molar-refractivity contribution in [1.82, 2.24) is 20.2 Å². The highest BCUT2D eigenvalue weighted by Gasteiger charge is 2.17. The summed E-state index contributed by atoms with van der Waals surface area (Å²) < 4.78 is 14.8. The maximum atomic E-state index is 13.4. The lowest BCUT2D eigenvalue weighted by molar-refractivity contribution is -0.116. The van der Waals surface area contributed by atoms with E-state index in [9.17, 15) is 9.18 Å². The fourth-order valence-electron chi connectivity index (χ4n) is 2.33. The largest absolute Gasteiger partial charge is 0.308 e. The molecule has 2 aromatic carbocycles. The first-order chi connectivity index (χ1) is 12.7. The van der Waals surface area contributed by atoms with Crippen LogP contribution in [-0.2, 0) is 4.79 Å². The van der Waals surface area contributed by atoms with Crippen molar-refractivity contribution in [2.75, 3.05) is 17.2 Å². The van der Waals surface area contributed by atoms with Crippen molar-refractivity contribution in [2.45, 2.75) is 5.16 Å². The molecular formula is C18H16FN5OS. The van der Waals surface area contributed by atoms with Gasteiger partial charge in [-0.25, -0.2) is 4.39 Å². The molecule has 0 bridgehead atoms. The molecule has 0 aliphatic rings. The number of hydrogen-bond acceptors (Lipinski definition) is 5. The van der Waals surface area contributed by atoms with Crippen molar-refractivity contribution in [3.63, 3.8) is 0 Å². The lowest BCUT2D eigenvalue weighted by Gasteiger charge is -2.20. The third-order valence-electron chi connectivity index (χ3n) is 3.50. The zero-order valence-electron chi connectivity index (χ0n) is 13.8. The molecule has 0 saturated carbocycles. The first kappa shape index (κ1) is 17.8. The lowest BCUT2D eigenvalue weighted by atomic mass is 10.3. The van der Waals surface area contributed by atoms with E-state index in [1.54, 1.807) is 23.1 Å². The molecule has 1 heterocycles. The van der Waals surface area contributed by atoms with Crippen molar-refractivity contribution in [3.05, 3.63) is 73.1 Å². The van der Waals surface area contributed by atoms with Gasteiger partial charge in [0.2, 0.25) is 11.1 Å². The van der Waals surface area contributed by atoms with Crippen LogP contribution in [0, 0.1) is 5.82 Å². The molecule has 26 heavy (non-hydrogen) atoms. The van der Waals surface area contributed by atoms with Gasteiger partial charge >= 0.3 is 0 Å². The number of rotatable bonds is 7. The van der Waals surface area contributed by atoms with Crippen LogP contribution in [0.3, 0.4) is 0 Å². The van der Waals surface area contributed by atoms with E-state index >= 15 is 0 Å². The molecule has 0 aliphatic heterocycles. The van der Waals surface area contributed by atoms with Crippen molar-refractivity contribution < 1.29 is 9.18 Å². The number of thioether (sulfide) groups is 1. The lowest BCUT2D eigenvalue weighted by Crippen LogP contribution is -2.32. The molecule has 1 aromatic heterocycles. The Morgan fingerprint density at radius 2 is 2.04 bits per heavy atom. The molecule has 0 atom stereocenters. The van der Waals surface area contributed by atoms with Crippen LogP contribution in [0.1, 0.15) is 0 Å². The molecule has 0 aliphatic carbocycles. The minimum atomic E-state index is -0.383. The maximum absolute atomic E-state index is 13.4. The molecule has 132 valence electrons. The van der Waals surface area contributed by atoms with Gasteiger partial charge in [0.05, 0.1) is 11.4 Å². The van der Waals surface area contributed by atoms with E-state index in [2.05, 4.69) is 22.1 Å². The van der Waals surface area contributed by atoms with Crippen molar-refractivity contribution in [3.8, 4) is 5.69 Å². The van der Waals surface area contributed by atoms with E-state index in [4.69, 9.17) is 0 Å². The fraction of sp³-hybridized carbons (Fsp3) is 0.111. The Morgan fingerprint density at radius 3 is 2.77 bits per heavy atom. The van der Waals surface area contributed by atoms with Gasteiger partial charge in [0.15, 0.2) is 0 Å². The van der Waals surface area contributed by atoms with Crippen LogP contribution in [0.2, 0.25) is 0 Å². The van der Waals surface area contributed by atoms with Gasteiger partial charge in [0.1, 0.15) is 5.82 Å². The van der Waals surface area contributed by atoms with Gasteiger partial charge in [0, 0.05) is 12.2 Å². The third kappa shape index (κ3) is 4.15. The Bertz CT molecular complexity index is 899. The minimum absolute atomic E-state index is 0.102. The molecule has 0 fully saturated rings. The quantitative estimate of drug-likeness (QED) is 0.473. The Balaban J connectivity index is 1.73. The van der Waals surface area contributed by atoms with Crippen LogP contribution in [0.5, 0.6) is 0 Å². The Morgan fingerprint density at radius 1 is 1.23 bits per heavy atom. The normalized spacial score (nSPS) is 10.5. The smallest absolute Gasteiger partial charge is 0.237 e. The average Bonchev–Trinajstić information content (AvgIpc) is 3.13. The van der Waals surface area contributed by atoms with Crippen molar-refractivity contribution in [2.24, 2.45) is 0 Å². The minimum Gasteiger partial charge on any atom is -0.308 e. The number of carbonyl (C=O) groups excluding carboxylic acids is 1. The highest BCUT2D eigenvalue weighted by Crippen LogP contribution is 2.21. The number of carbonyl (C=O) groups is 1. The second-order valence-electron chi connectivity index (χ2n) is 5.27. The molecule has 1 amide bonds. The zero-order chi connectivity index (χ0) is 18.4. The van der Waals surface area contributed by atoms with Crippen LogP contribution in [-0.4, -0.2) is 38.4 Å². The Labute approximate surface area is 154 Å². The van der Waals surface area contributed by atoms with Crippen LogP contribution in [0.15, 0.2) is 72.4 Å². The molecule has 0 unspecified atom stereocenters. The number of tetrazole rings is 1. The SMILES string of the molecule is C=CCN(C(=O)CSc1nnnn1-c1cccc(F)c1)c1ccccc1. The van der Waals surface area contributed by atoms with E-state index in [0.717, 1.165) is 5.69 Å². The monoisotopic (exact) mass is 369 g/mol. The molecule has 6 nitrogen and oxygen atoms in total. The van der Waals surface area contributed by atoms with Gasteiger partial charge < -0.3 is 4.90 Å². The van der Waals surface area contributed by atoms with Crippen molar-refractivity contribution in [1.29, 1.82) is 0 Å². The van der Waals surface area contributed by atoms with Gasteiger partial charge in [-0.2, -0.15) is 4.68 Å². The number of benzene rings is 2. The summed E-state index contributed by atoms with van der Waals surface area (Å²) in [6.45, 7) is 4.11. The molecule has 3 rings (SSSR count). The second-order valence-corrected chi connectivity index (χ2v) is 6.21. The predicted molar refractivity (Wildman–Crippen MR) is 98.8 cm³/mol. The van der Waals surface area contributed by atoms with Gasteiger partial charge in [0.25, 0.3) is 0 Å². The molecule has 0 saturated heterocycles. The number of aromatic nitrogens is 4. The number of para-hydroxylation sites is 1. The third-order valence-corrected chi connectivity index (χ3v) is 4.40. The number of anilines is 1. The summed E-state index contributed by atoms with van der Waals surface area (Å²) in [6.07, 6.45) is 1.67. The standard InChI is InChI=1S/C18H16FN5OS/c1-2-11-23(15-8-4-3-5-9-15)17(25)13-26-18-20-21-22-24(18)16-10-6-7-14(19)12-16/h2-10,12H,1,11,13H2. The van der Waals surface area contributed by atoms with Crippen LogP contribution in [0.4, 0.5) is 10.1 Å². The molecule has 8 heteroatoms. The topological polar surface area (TPSA) is 63.9 Å². The van der Waals surface area contributed by atoms with E-state index in [0.29, 0.717) is 17.4 Å². The number of halogens is 1. The van der Waals surface area contributed by atoms with Crippen LogP contribution in [0.25, 0.3) is 5.69 Å². The number of amides is 1. The predicted octanol–water partition coefficient (Wildman–Crippen LogP) is 3.11. The van der Waals surface area contributed by atoms with Gasteiger partial charge in [-0.15, -0.1) is 11.7 Å². The summed E-state index contributed by atoms with van der Waals surface area (Å²) in [4.78, 5) is 14.3. The van der Waals surface area contributed by atoms with E-state index in [1.807, 2.05) is 30.3 Å². The van der Waals surface area contributed by atoms with Crippen molar-refractivity contribution >= 4 is 23.4 Å². The zero-order valence-corrected chi connectivity index (χ0v) is 14.6. The summed E-state index contributed by atoms with van der Waals surface area (Å²) in [7, 11) is 0. The Hall–Kier alpha value is -3.00. The number of nitrogens with zero attached hydrogens (tertiary/aromatic N) is 5. The van der Waals surface area contributed by atoms with Gasteiger partial charge in [-0.1, -0.05) is 42.1 Å². The number of hydrogen-bond donors (Lipinski definition) is 0. The van der Waals surface area contributed by atoms with Gasteiger partial charge in [-0.3, -0.25) is 4.79 Å². The second kappa shape index (κ2) is 8.39. The highest BCUT2D eigenvalue weighted by atomic mass is 32.2. The molecule has 0 N–H and O–H groups in total. The maximum Gasteiger partial charge on any atom is 0.237 e.